The van der Waals surface area contributed by atoms with Crippen molar-refractivity contribution in [2.45, 2.75) is 57.4 Å². The quantitative estimate of drug-likeness (QED) is 0.701. The molecule has 0 unspecified atom stereocenters. The molecule has 0 aromatic carbocycles. The molecule has 2 saturated carbocycles. The van der Waals surface area contributed by atoms with Crippen LogP contribution in [0.1, 0.15) is 51.4 Å². The number of carbonyl (C=O) groups excluding carboxylic acids is 1. The maximum absolute atomic E-state index is 12.0. The summed E-state index contributed by atoms with van der Waals surface area (Å²) in [7, 11) is 2.19. The minimum absolute atomic E-state index is 0.0536. The highest BCUT2D eigenvalue weighted by atomic mass is 16.2. The van der Waals surface area contributed by atoms with E-state index in [0.29, 0.717) is 6.04 Å². The number of hydrogen-bond donors (Lipinski definition) is 2. The lowest BCUT2D eigenvalue weighted by atomic mass is 9.85. The van der Waals surface area contributed by atoms with E-state index in [9.17, 15) is 4.79 Å². The molecule has 3 aliphatic rings. The molecule has 0 radical (unpaired) electrons. The van der Waals surface area contributed by atoms with Crippen LogP contribution in [0.4, 0.5) is 4.79 Å². The Morgan fingerprint density at radius 2 is 1.79 bits per heavy atom. The number of rotatable bonds is 7. The van der Waals surface area contributed by atoms with Gasteiger partial charge in [-0.1, -0.05) is 32.1 Å². The average molecular weight is 337 g/mol. The van der Waals surface area contributed by atoms with E-state index in [1.54, 1.807) is 0 Å². The van der Waals surface area contributed by atoms with Crippen LogP contribution in [-0.2, 0) is 0 Å². The highest BCUT2D eigenvalue weighted by molar-refractivity contribution is 5.74. The molecule has 1 aliphatic heterocycles. The number of nitrogens with one attached hydrogen (secondary N) is 2. The lowest BCUT2D eigenvalue weighted by molar-refractivity contribution is 0.152. The van der Waals surface area contributed by atoms with E-state index in [4.69, 9.17) is 0 Å². The zero-order valence-corrected chi connectivity index (χ0v) is 15.4. The number of amides is 2. The van der Waals surface area contributed by atoms with E-state index in [0.717, 1.165) is 24.8 Å². The first kappa shape index (κ1) is 18.0. The first-order chi connectivity index (χ1) is 11.7. The normalized spacial score (nSPS) is 29.4. The molecular weight excluding hydrogens is 300 g/mol. The van der Waals surface area contributed by atoms with Crippen LogP contribution in [0.5, 0.6) is 0 Å². The zero-order valence-electron chi connectivity index (χ0n) is 15.4. The third-order valence-electron chi connectivity index (χ3n) is 6.19. The SMILES string of the molecule is CN1CCN(CCCCNC(=O)N[C@@H]2C[C@@H]2C2CCCCC2)CC1. The first-order valence-corrected chi connectivity index (χ1v) is 10.2. The maximum atomic E-state index is 12.0. The molecule has 138 valence electrons. The third-order valence-corrected chi connectivity index (χ3v) is 6.19. The molecule has 0 aromatic rings. The molecule has 1 heterocycles. The number of carbonyl (C=O) groups is 1. The summed E-state index contributed by atoms with van der Waals surface area (Å²) in [6, 6.07) is 0.511. The Bertz CT molecular complexity index is 389. The zero-order chi connectivity index (χ0) is 16.8. The summed E-state index contributed by atoms with van der Waals surface area (Å²) in [5, 5.41) is 6.23. The second-order valence-corrected chi connectivity index (χ2v) is 8.16. The summed E-state index contributed by atoms with van der Waals surface area (Å²) in [4.78, 5) is 16.9. The van der Waals surface area contributed by atoms with Crippen LogP contribution in [-0.4, -0.2) is 68.2 Å². The fourth-order valence-electron chi connectivity index (χ4n) is 4.42. The van der Waals surface area contributed by atoms with Crippen LogP contribution in [0.2, 0.25) is 0 Å². The van der Waals surface area contributed by atoms with Crippen LogP contribution >= 0.6 is 0 Å². The Hall–Kier alpha value is -0.810. The molecule has 5 nitrogen and oxygen atoms in total. The summed E-state index contributed by atoms with van der Waals surface area (Å²) >= 11 is 0. The predicted molar refractivity (Wildman–Crippen MR) is 98.2 cm³/mol. The van der Waals surface area contributed by atoms with Crippen molar-refractivity contribution in [3.05, 3.63) is 0 Å². The smallest absolute Gasteiger partial charge is 0.315 e. The molecule has 1 saturated heterocycles. The summed E-state index contributed by atoms with van der Waals surface area (Å²) in [5.74, 6) is 1.65. The molecule has 2 aliphatic carbocycles. The van der Waals surface area contributed by atoms with Gasteiger partial charge in [0, 0.05) is 38.8 Å². The summed E-state index contributed by atoms with van der Waals surface area (Å²) in [5.41, 5.74) is 0. The van der Waals surface area contributed by atoms with Crippen LogP contribution in [0.15, 0.2) is 0 Å². The molecule has 0 spiro atoms. The lowest BCUT2D eigenvalue weighted by Gasteiger charge is -2.32. The topological polar surface area (TPSA) is 47.6 Å². The summed E-state index contributed by atoms with van der Waals surface area (Å²) < 4.78 is 0. The molecule has 2 atom stereocenters. The molecule has 2 amide bonds. The fourth-order valence-corrected chi connectivity index (χ4v) is 4.42. The number of likely N-dealkylation sites (N-methyl/N-ethyl adjacent to an activating group) is 1. The Balaban J connectivity index is 1.18. The van der Waals surface area contributed by atoms with E-state index in [1.807, 2.05) is 0 Å². The van der Waals surface area contributed by atoms with Gasteiger partial charge in [0.05, 0.1) is 0 Å². The van der Waals surface area contributed by atoms with Crippen LogP contribution in [0, 0.1) is 11.8 Å². The maximum Gasteiger partial charge on any atom is 0.315 e. The van der Waals surface area contributed by atoms with Gasteiger partial charge in [-0.3, -0.25) is 0 Å². The third kappa shape index (κ3) is 5.62. The number of unbranched alkanes of at least 4 members (excludes halogenated alkanes) is 1. The number of urea groups is 1. The van der Waals surface area contributed by atoms with Gasteiger partial charge >= 0.3 is 6.03 Å². The van der Waals surface area contributed by atoms with Gasteiger partial charge in [0.15, 0.2) is 0 Å². The van der Waals surface area contributed by atoms with Crippen molar-refractivity contribution in [1.82, 2.24) is 20.4 Å². The van der Waals surface area contributed by atoms with Crippen molar-refractivity contribution in [1.29, 1.82) is 0 Å². The molecule has 5 heteroatoms. The van der Waals surface area contributed by atoms with E-state index < -0.39 is 0 Å². The minimum atomic E-state index is 0.0536. The Kier molecular flexibility index (Phi) is 6.78. The number of nitrogens with zero attached hydrogens (tertiary/aromatic N) is 2. The summed E-state index contributed by atoms with van der Waals surface area (Å²) in [6.45, 7) is 6.72. The second-order valence-electron chi connectivity index (χ2n) is 8.16. The minimum Gasteiger partial charge on any atom is -0.338 e. The van der Waals surface area contributed by atoms with E-state index >= 15 is 0 Å². The van der Waals surface area contributed by atoms with Gasteiger partial charge in [-0.15, -0.1) is 0 Å². The molecule has 3 fully saturated rings. The van der Waals surface area contributed by atoms with Gasteiger partial charge in [0.2, 0.25) is 0 Å². The van der Waals surface area contributed by atoms with Crippen molar-refractivity contribution >= 4 is 6.03 Å². The van der Waals surface area contributed by atoms with Gasteiger partial charge < -0.3 is 20.4 Å². The van der Waals surface area contributed by atoms with Crippen molar-refractivity contribution in [2.75, 3.05) is 46.3 Å². The Morgan fingerprint density at radius 1 is 1.04 bits per heavy atom. The van der Waals surface area contributed by atoms with Crippen molar-refractivity contribution < 1.29 is 4.79 Å². The number of piperazine rings is 1. The van der Waals surface area contributed by atoms with Gasteiger partial charge in [-0.2, -0.15) is 0 Å². The lowest BCUT2D eigenvalue weighted by Crippen LogP contribution is -2.44. The Morgan fingerprint density at radius 3 is 2.54 bits per heavy atom. The summed E-state index contributed by atoms with van der Waals surface area (Å²) in [6.07, 6.45) is 10.4. The van der Waals surface area contributed by atoms with Gasteiger partial charge in [0.1, 0.15) is 0 Å². The van der Waals surface area contributed by atoms with Gasteiger partial charge in [-0.25, -0.2) is 4.79 Å². The van der Waals surface area contributed by atoms with Crippen molar-refractivity contribution in [2.24, 2.45) is 11.8 Å². The van der Waals surface area contributed by atoms with Crippen molar-refractivity contribution in [3.63, 3.8) is 0 Å². The monoisotopic (exact) mass is 336 g/mol. The van der Waals surface area contributed by atoms with Crippen molar-refractivity contribution in [3.8, 4) is 0 Å². The predicted octanol–water partition coefficient (Wildman–Crippen LogP) is 2.28. The molecule has 3 rings (SSSR count). The molecule has 0 bridgehead atoms. The molecule has 24 heavy (non-hydrogen) atoms. The number of hydrogen-bond acceptors (Lipinski definition) is 3. The first-order valence-electron chi connectivity index (χ1n) is 10.2. The van der Waals surface area contributed by atoms with E-state index in [-0.39, 0.29) is 6.03 Å². The largest absolute Gasteiger partial charge is 0.338 e. The van der Waals surface area contributed by atoms with Crippen LogP contribution < -0.4 is 10.6 Å². The Labute approximate surface area is 147 Å². The van der Waals surface area contributed by atoms with E-state index in [2.05, 4.69) is 27.5 Å². The molecular formula is C19H36N4O. The second kappa shape index (κ2) is 9.04. The van der Waals surface area contributed by atoms with Gasteiger partial charge in [0.25, 0.3) is 0 Å². The molecule has 2 N–H and O–H groups in total. The van der Waals surface area contributed by atoms with Crippen LogP contribution in [0.3, 0.4) is 0 Å². The van der Waals surface area contributed by atoms with E-state index in [1.165, 1.54) is 77.7 Å². The van der Waals surface area contributed by atoms with Crippen LogP contribution in [0.25, 0.3) is 0 Å². The highest BCUT2D eigenvalue weighted by Crippen LogP contribution is 2.44. The van der Waals surface area contributed by atoms with Gasteiger partial charge in [-0.05, 0) is 44.7 Å². The highest BCUT2D eigenvalue weighted by Gasteiger charge is 2.43. The molecule has 0 aromatic heterocycles. The standard InChI is InChI=1S/C19H36N4O/c1-22-11-13-23(14-12-22)10-6-5-9-20-19(24)21-18-15-17(18)16-7-3-2-4-8-16/h16-18H,2-15H2,1H3,(H2,20,21,24)/t17-,18-/m1/s1. The average Bonchev–Trinajstić information content (AvgIpc) is 3.36. The fraction of sp³-hybridized carbons (Fsp3) is 0.947.